The van der Waals surface area contributed by atoms with Crippen molar-refractivity contribution in [2.24, 2.45) is 0 Å². The first-order valence-corrected chi connectivity index (χ1v) is 10.3. The van der Waals surface area contributed by atoms with E-state index in [4.69, 9.17) is 49.6 Å². The molecule has 3 rings (SSSR count). The predicted octanol–water partition coefficient (Wildman–Crippen LogP) is 4.14. The Bertz CT molecular complexity index is 1080. The highest BCUT2D eigenvalue weighted by molar-refractivity contribution is 7.71. The van der Waals surface area contributed by atoms with Crippen molar-refractivity contribution in [2.75, 3.05) is 6.61 Å². The first-order valence-electron chi connectivity index (χ1n) is 9.14. The average Bonchev–Trinajstić information content (AvgIpc) is 3.10. The molecule has 1 heterocycles. The average molecular weight is 475 g/mol. The van der Waals surface area contributed by atoms with Crippen molar-refractivity contribution in [1.29, 1.82) is 0 Å². The second-order valence-electron chi connectivity index (χ2n) is 7.10. The molecule has 1 aliphatic carbocycles. The van der Waals surface area contributed by atoms with Crippen LogP contribution in [0.5, 0.6) is 0 Å². The monoisotopic (exact) mass is 474 g/mol. The predicted molar refractivity (Wildman–Crippen MR) is 112 cm³/mol. The van der Waals surface area contributed by atoms with Crippen LogP contribution in [0.4, 0.5) is 0 Å². The van der Waals surface area contributed by atoms with Gasteiger partial charge in [-0.1, -0.05) is 23.2 Å². The highest BCUT2D eigenvalue weighted by Crippen LogP contribution is 2.46. The summed E-state index contributed by atoms with van der Waals surface area (Å²) in [6.45, 7) is 3.43. The molecule has 8 nitrogen and oxygen atoms in total. The van der Waals surface area contributed by atoms with Gasteiger partial charge < -0.3 is 23.8 Å². The van der Waals surface area contributed by atoms with E-state index in [1.165, 1.54) is 20.8 Å². The number of fused-ring (bicyclic) bond motifs is 1. The number of aromatic nitrogens is 2. The van der Waals surface area contributed by atoms with Gasteiger partial charge in [0, 0.05) is 20.8 Å². The molecule has 0 bridgehead atoms. The van der Waals surface area contributed by atoms with Gasteiger partial charge in [-0.05, 0) is 37.2 Å². The maximum absolute atomic E-state index is 12.1. The van der Waals surface area contributed by atoms with Gasteiger partial charge in [-0.2, -0.15) is 0 Å². The standard InChI is InChI=1S/C19H20Cl2N2O6S/c1-9(24)27-8-19(29-11(3)26)16(4-5-17(19)28-10(2)25)23-15-7-13(21)12(20)6-14(15)22-18(23)30/h6-7,16-17H,4-5,8H2,1-3H3,(H,22,30). The lowest BCUT2D eigenvalue weighted by Gasteiger charge is -2.38. The Morgan fingerprint density at radius 2 is 1.80 bits per heavy atom. The maximum atomic E-state index is 12.1. The van der Waals surface area contributed by atoms with E-state index >= 15 is 0 Å². The number of benzene rings is 1. The second kappa shape index (κ2) is 8.56. The number of hydrogen-bond donors (Lipinski definition) is 1. The number of hydrogen-bond acceptors (Lipinski definition) is 7. The van der Waals surface area contributed by atoms with Crippen molar-refractivity contribution in [3.8, 4) is 0 Å². The number of carbonyl (C=O) groups is 3. The highest BCUT2D eigenvalue weighted by atomic mass is 35.5. The van der Waals surface area contributed by atoms with Crippen LogP contribution in [0, 0.1) is 4.77 Å². The molecule has 11 heteroatoms. The van der Waals surface area contributed by atoms with E-state index in [1.54, 1.807) is 16.7 Å². The van der Waals surface area contributed by atoms with E-state index in [2.05, 4.69) is 4.98 Å². The number of imidazole rings is 1. The zero-order valence-electron chi connectivity index (χ0n) is 16.5. The van der Waals surface area contributed by atoms with Crippen molar-refractivity contribution in [3.05, 3.63) is 26.9 Å². The van der Waals surface area contributed by atoms with Crippen molar-refractivity contribution >= 4 is 64.4 Å². The molecule has 1 aromatic heterocycles. The molecule has 1 saturated carbocycles. The topological polar surface area (TPSA) is 99.6 Å². The number of halogens is 2. The zero-order chi connectivity index (χ0) is 22.2. The van der Waals surface area contributed by atoms with Gasteiger partial charge in [-0.25, -0.2) is 0 Å². The SMILES string of the molecule is CC(=O)OCC1(OC(C)=O)C(OC(C)=O)CCC1n1c(=S)[nH]c2cc(Cl)c(Cl)cc21. The van der Waals surface area contributed by atoms with Crippen LogP contribution in [0.3, 0.4) is 0 Å². The molecule has 1 aromatic carbocycles. The smallest absolute Gasteiger partial charge is 0.303 e. The number of nitrogens with zero attached hydrogens (tertiary/aromatic N) is 1. The molecule has 3 unspecified atom stereocenters. The van der Waals surface area contributed by atoms with Gasteiger partial charge in [0.05, 0.1) is 27.1 Å². The molecule has 1 aliphatic rings. The quantitative estimate of drug-likeness (QED) is 0.394. The Morgan fingerprint density at radius 1 is 1.13 bits per heavy atom. The minimum atomic E-state index is -1.47. The largest absolute Gasteiger partial charge is 0.461 e. The summed E-state index contributed by atoms with van der Waals surface area (Å²) in [5.41, 5.74) is -0.209. The fraction of sp³-hybridized carbons (Fsp3) is 0.474. The van der Waals surface area contributed by atoms with Crippen molar-refractivity contribution < 1.29 is 28.6 Å². The molecule has 0 spiro atoms. The molecule has 30 heavy (non-hydrogen) atoms. The van der Waals surface area contributed by atoms with Crippen molar-refractivity contribution in [1.82, 2.24) is 9.55 Å². The number of H-pyrrole nitrogens is 1. The number of ether oxygens (including phenoxy) is 3. The Morgan fingerprint density at radius 3 is 2.40 bits per heavy atom. The van der Waals surface area contributed by atoms with E-state index in [1.807, 2.05) is 0 Å². The van der Waals surface area contributed by atoms with Gasteiger partial charge in [-0.15, -0.1) is 0 Å². The summed E-state index contributed by atoms with van der Waals surface area (Å²) < 4.78 is 18.5. The van der Waals surface area contributed by atoms with Crippen LogP contribution in [0.1, 0.15) is 39.7 Å². The first-order chi connectivity index (χ1) is 14.0. The maximum Gasteiger partial charge on any atom is 0.303 e. The molecule has 162 valence electrons. The molecule has 0 saturated heterocycles. The summed E-state index contributed by atoms with van der Waals surface area (Å²) >= 11 is 17.9. The van der Waals surface area contributed by atoms with Crippen molar-refractivity contribution in [3.63, 3.8) is 0 Å². The summed E-state index contributed by atoms with van der Waals surface area (Å²) in [5, 5.41) is 0.669. The van der Waals surface area contributed by atoms with Crippen LogP contribution in [-0.2, 0) is 28.6 Å². The van der Waals surface area contributed by atoms with Crippen LogP contribution in [0.25, 0.3) is 11.0 Å². The summed E-state index contributed by atoms with van der Waals surface area (Å²) in [6.07, 6.45) is -0.0272. The first kappa shape index (κ1) is 22.6. The van der Waals surface area contributed by atoms with E-state index in [0.29, 0.717) is 38.7 Å². The van der Waals surface area contributed by atoms with E-state index in [0.717, 1.165) is 0 Å². The van der Waals surface area contributed by atoms with Gasteiger partial charge >= 0.3 is 17.9 Å². The van der Waals surface area contributed by atoms with Gasteiger partial charge in [0.2, 0.25) is 5.60 Å². The fourth-order valence-electron chi connectivity index (χ4n) is 3.98. The Balaban J connectivity index is 2.21. The number of nitrogens with one attached hydrogen (secondary N) is 1. The van der Waals surface area contributed by atoms with Crippen LogP contribution >= 0.6 is 35.4 Å². The minimum Gasteiger partial charge on any atom is -0.461 e. The summed E-state index contributed by atoms with van der Waals surface area (Å²) in [5.74, 6) is -1.72. The summed E-state index contributed by atoms with van der Waals surface area (Å²) in [4.78, 5) is 38.4. The van der Waals surface area contributed by atoms with Crippen molar-refractivity contribution in [2.45, 2.75) is 51.4 Å². The molecule has 0 amide bonds. The van der Waals surface area contributed by atoms with Gasteiger partial charge in [-0.3, -0.25) is 14.4 Å². The molecular formula is C19H20Cl2N2O6S. The molecular weight excluding hydrogens is 455 g/mol. The van der Waals surface area contributed by atoms with Gasteiger partial charge in [0.15, 0.2) is 4.77 Å². The second-order valence-corrected chi connectivity index (χ2v) is 8.30. The van der Waals surface area contributed by atoms with Crippen LogP contribution in [0.2, 0.25) is 10.0 Å². The van der Waals surface area contributed by atoms with Gasteiger partial charge in [0.1, 0.15) is 12.7 Å². The zero-order valence-corrected chi connectivity index (χ0v) is 18.8. The minimum absolute atomic E-state index is 0.305. The molecule has 0 aliphatic heterocycles. The number of esters is 3. The fourth-order valence-corrected chi connectivity index (χ4v) is 4.64. The molecule has 2 aromatic rings. The van der Waals surface area contributed by atoms with E-state index in [9.17, 15) is 14.4 Å². The third-order valence-corrected chi connectivity index (χ3v) is 6.05. The summed E-state index contributed by atoms with van der Waals surface area (Å²) in [7, 11) is 0. The Hall–Kier alpha value is -2.10. The summed E-state index contributed by atoms with van der Waals surface area (Å²) in [6, 6.07) is 2.70. The lowest BCUT2D eigenvalue weighted by Crippen LogP contribution is -2.53. The third-order valence-electron chi connectivity index (χ3n) is 5.02. The van der Waals surface area contributed by atoms with Crippen LogP contribution in [-0.4, -0.2) is 45.8 Å². The van der Waals surface area contributed by atoms with E-state index in [-0.39, 0.29) is 6.61 Å². The number of aromatic amines is 1. The highest BCUT2D eigenvalue weighted by Gasteiger charge is 2.57. The third kappa shape index (κ3) is 4.19. The molecule has 1 fully saturated rings. The lowest BCUT2D eigenvalue weighted by molar-refractivity contribution is -0.197. The lowest BCUT2D eigenvalue weighted by atomic mass is 9.95. The molecule has 1 N–H and O–H groups in total. The number of rotatable bonds is 5. The Kier molecular flexibility index (Phi) is 6.45. The van der Waals surface area contributed by atoms with Crippen LogP contribution < -0.4 is 0 Å². The normalized spacial score (nSPS) is 23.4. The number of carbonyl (C=O) groups excluding carboxylic acids is 3. The molecule has 3 atom stereocenters. The van der Waals surface area contributed by atoms with Crippen LogP contribution in [0.15, 0.2) is 12.1 Å². The van der Waals surface area contributed by atoms with Gasteiger partial charge in [0.25, 0.3) is 0 Å². The molecule has 0 radical (unpaired) electrons. The van der Waals surface area contributed by atoms with E-state index < -0.39 is 35.7 Å². The Labute approximate surface area is 187 Å².